The van der Waals surface area contributed by atoms with Gasteiger partial charge in [-0.25, -0.2) is 4.79 Å². The van der Waals surface area contributed by atoms with Crippen molar-refractivity contribution in [2.75, 3.05) is 26.2 Å². The average molecular weight is 557 g/mol. The number of likely N-dealkylation sites (tertiary alicyclic amines) is 2. The van der Waals surface area contributed by atoms with Gasteiger partial charge in [-0.15, -0.1) is 0 Å². The zero-order chi connectivity index (χ0) is 28.0. The monoisotopic (exact) mass is 556 g/mol. The Kier molecular flexibility index (Phi) is 7.36. The highest BCUT2D eigenvalue weighted by Gasteiger charge is 2.61. The first-order valence-corrected chi connectivity index (χ1v) is 14.8. The molecule has 2 heterocycles. The van der Waals surface area contributed by atoms with Crippen LogP contribution in [-0.2, 0) is 18.3 Å². The summed E-state index contributed by atoms with van der Waals surface area (Å²) in [6.07, 6.45) is 0.852. The normalized spacial score (nSPS) is 30.6. The number of nitrogens with zero attached hydrogens (tertiary/aromatic N) is 2. The number of alkyl halides is 3. The molecule has 8 heteroatoms. The number of rotatable bonds is 5. The molecule has 4 atom stereocenters. The summed E-state index contributed by atoms with van der Waals surface area (Å²) in [7, 11) is 0. The summed E-state index contributed by atoms with van der Waals surface area (Å²) in [6, 6.07) is 15.8. The number of ether oxygens (including phenoxy) is 1. The first kappa shape index (κ1) is 27.6. The van der Waals surface area contributed by atoms with Crippen LogP contribution in [0.1, 0.15) is 68.1 Å². The molecule has 1 unspecified atom stereocenters. The zero-order valence-electron chi connectivity index (χ0n) is 23.0. The van der Waals surface area contributed by atoms with Gasteiger partial charge in [-0.3, -0.25) is 0 Å². The summed E-state index contributed by atoms with van der Waals surface area (Å²) in [5.41, 5.74) is -0.0160. The first-order valence-electron chi connectivity index (χ1n) is 14.8. The van der Waals surface area contributed by atoms with E-state index >= 15 is 0 Å². The van der Waals surface area contributed by atoms with Crippen molar-refractivity contribution >= 4 is 6.09 Å². The van der Waals surface area contributed by atoms with Crippen LogP contribution in [0.5, 0.6) is 5.75 Å². The lowest BCUT2D eigenvalue weighted by Gasteiger charge is -2.53. The highest BCUT2D eigenvalue weighted by atomic mass is 19.4. The topological polar surface area (TPSA) is 53.0 Å². The number of carbonyl (C=O) groups excluding carboxylic acids is 1. The number of amides is 1. The van der Waals surface area contributed by atoms with Gasteiger partial charge in [-0.1, -0.05) is 36.4 Å². The third-order valence-corrected chi connectivity index (χ3v) is 10.1. The van der Waals surface area contributed by atoms with Gasteiger partial charge in [-0.05, 0) is 112 Å². The number of aryl methyl sites for hydroxylation is 1. The highest BCUT2D eigenvalue weighted by Crippen LogP contribution is 2.57. The molecule has 2 aliphatic carbocycles. The van der Waals surface area contributed by atoms with Crippen LogP contribution >= 0.6 is 0 Å². The van der Waals surface area contributed by atoms with E-state index in [1.807, 2.05) is 53.4 Å². The number of hydrogen-bond acceptors (Lipinski definition) is 4. The van der Waals surface area contributed by atoms with Gasteiger partial charge in [0.25, 0.3) is 0 Å². The van der Waals surface area contributed by atoms with Gasteiger partial charge < -0.3 is 19.6 Å². The van der Waals surface area contributed by atoms with Crippen molar-refractivity contribution in [2.45, 2.75) is 87.4 Å². The second kappa shape index (κ2) is 10.7. The standard InChI is InChI=1S/C32H39F3N2O3/c33-32(34,35)31(39)15-14-30(20-23-7-2-1-3-8-23)25(21-31)11-10-24-19-27(12-13-28(24)30)40-29(38)37-18-6-9-26(37)22-36-16-4-5-17-36/h1-3,7-8,12-13,19,25-26,39H,4-6,9-11,14-18,20-22H2/t25-,26?,30+,31-/m1/s1. The Labute approximate surface area is 234 Å². The first-order chi connectivity index (χ1) is 19.2. The van der Waals surface area contributed by atoms with Gasteiger partial charge in [0.15, 0.2) is 5.60 Å². The summed E-state index contributed by atoms with van der Waals surface area (Å²) in [6.45, 7) is 3.78. The van der Waals surface area contributed by atoms with E-state index in [1.165, 1.54) is 12.8 Å². The third kappa shape index (κ3) is 5.13. The van der Waals surface area contributed by atoms with E-state index in [0.717, 1.165) is 49.2 Å². The van der Waals surface area contributed by atoms with Crippen molar-refractivity contribution in [2.24, 2.45) is 5.92 Å². The molecule has 0 spiro atoms. The zero-order valence-corrected chi connectivity index (χ0v) is 23.0. The van der Waals surface area contributed by atoms with Crippen LogP contribution in [0.2, 0.25) is 0 Å². The molecule has 5 nitrogen and oxygen atoms in total. The molecule has 6 rings (SSSR count). The minimum absolute atomic E-state index is 0.174. The Bertz CT molecular complexity index is 1220. The lowest BCUT2D eigenvalue weighted by atomic mass is 9.52. The van der Waals surface area contributed by atoms with Crippen molar-refractivity contribution in [3.05, 3.63) is 65.2 Å². The number of fused-ring (bicyclic) bond motifs is 3. The largest absolute Gasteiger partial charge is 0.417 e. The Morgan fingerprint density at radius 1 is 1.00 bits per heavy atom. The van der Waals surface area contributed by atoms with E-state index in [0.29, 0.717) is 31.6 Å². The maximum atomic E-state index is 13.9. The molecule has 1 amide bonds. The molecular formula is C32H39F3N2O3. The molecule has 2 aromatic rings. The molecule has 4 aliphatic rings. The van der Waals surface area contributed by atoms with E-state index < -0.39 is 17.2 Å². The van der Waals surface area contributed by atoms with Crippen molar-refractivity contribution < 1.29 is 27.8 Å². The van der Waals surface area contributed by atoms with Gasteiger partial charge in [-0.2, -0.15) is 13.2 Å². The highest BCUT2D eigenvalue weighted by molar-refractivity contribution is 5.71. The summed E-state index contributed by atoms with van der Waals surface area (Å²) < 4.78 is 47.5. The van der Waals surface area contributed by atoms with Gasteiger partial charge in [0, 0.05) is 24.5 Å². The van der Waals surface area contributed by atoms with Gasteiger partial charge in [0.2, 0.25) is 0 Å². The second-order valence-corrected chi connectivity index (χ2v) is 12.5. The maximum absolute atomic E-state index is 13.9. The molecule has 1 N–H and O–H groups in total. The Morgan fingerprint density at radius 3 is 2.52 bits per heavy atom. The smallest absolute Gasteiger partial charge is 0.410 e. The average Bonchev–Trinajstić information content (AvgIpc) is 3.62. The fourth-order valence-corrected chi connectivity index (χ4v) is 7.96. The Morgan fingerprint density at radius 2 is 1.77 bits per heavy atom. The lowest BCUT2D eigenvalue weighted by molar-refractivity contribution is -0.279. The number of benzene rings is 2. The Hall–Kier alpha value is -2.58. The van der Waals surface area contributed by atoms with Crippen LogP contribution in [-0.4, -0.2) is 65.0 Å². The van der Waals surface area contributed by atoms with Crippen LogP contribution < -0.4 is 4.74 Å². The summed E-state index contributed by atoms with van der Waals surface area (Å²) in [4.78, 5) is 17.5. The molecule has 2 aliphatic heterocycles. The number of halogens is 3. The Balaban J connectivity index is 1.24. The van der Waals surface area contributed by atoms with Crippen LogP contribution in [0, 0.1) is 5.92 Å². The van der Waals surface area contributed by atoms with Crippen molar-refractivity contribution in [1.82, 2.24) is 9.80 Å². The van der Waals surface area contributed by atoms with Crippen LogP contribution in [0.3, 0.4) is 0 Å². The summed E-state index contributed by atoms with van der Waals surface area (Å²) >= 11 is 0. The molecule has 40 heavy (non-hydrogen) atoms. The quantitative estimate of drug-likeness (QED) is 0.472. The lowest BCUT2D eigenvalue weighted by Crippen LogP contribution is -2.56. The molecule has 0 aromatic heterocycles. The molecule has 0 bridgehead atoms. The van der Waals surface area contributed by atoms with Crippen molar-refractivity contribution in [3.8, 4) is 5.75 Å². The van der Waals surface area contributed by atoms with Crippen LogP contribution in [0.25, 0.3) is 0 Å². The molecule has 3 fully saturated rings. The molecule has 2 aromatic carbocycles. The number of hydrogen-bond donors (Lipinski definition) is 1. The van der Waals surface area contributed by atoms with E-state index in [-0.39, 0.29) is 37.3 Å². The maximum Gasteiger partial charge on any atom is 0.417 e. The predicted molar refractivity (Wildman–Crippen MR) is 146 cm³/mol. The SMILES string of the molecule is O=C(Oc1ccc2c(c1)CC[C@@H]1C[C@@](O)(C(F)(F)F)CC[C@@]21Cc1ccccc1)N1CCCC1CN1CCCC1. The fourth-order valence-electron chi connectivity index (χ4n) is 7.96. The van der Waals surface area contributed by atoms with Crippen molar-refractivity contribution in [3.63, 3.8) is 0 Å². The second-order valence-electron chi connectivity index (χ2n) is 12.5. The van der Waals surface area contributed by atoms with Gasteiger partial charge in [0.05, 0.1) is 0 Å². The van der Waals surface area contributed by atoms with E-state index in [1.54, 1.807) is 0 Å². The molecule has 0 radical (unpaired) electrons. The van der Waals surface area contributed by atoms with Gasteiger partial charge in [0.1, 0.15) is 5.75 Å². The van der Waals surface area contributed by atoms with E-state index in [2.05, 4.69) is 4.90 Å². The summed E-state index contributed by atoms with van der Waals surface area (Å²) in [5.74, 6) is 0.191. The molecule has 2 saturated heterocycles. The fraction of sp³-hybridized carbons (Fsp3) is 0.594. The minimum Gasteiger partial charge on any atom is -0.410 e. The third-order valence-electron chi connectivity index (χ3n) is 10.1. The van der Waals surface area contributed by atoms with Crippen molar-refractivity contribution in [1.29, 1.82) is 0 Å². The van der Waals surface area contributed by atoms with Crippen LogP contribution in [0.4, 0.5) is 18.0 Å². The summed E-state index contributed by atoms with van der Waals surface area (Å²) in [5, 5.41) is 10.6. The number of aliphatic hydroxyl groups is 1. The minimum atomic E-state index is -4.65. The van der Waals surface area contributed by atoms with E-state index in [4.69, 9.17) is 4.74 Å². The van der Waals surface area contributed by atoms with E-state index in [9.17, 15) is 23.1 Å². The number of carbonyl (C=O) groups is 1. The molecule has 216 valence electrons. The van der Waals surface area contributed by atoms with Crippen LogP contribution in [0.15, 0.2) is 48.5 Å². The van der Waals surface area contributed by atoms with Gasteiger partial charge >= 0.3 is 12.3 Å². The predicted octanol–water partition coefficient (Wildman–Crippen LogP) is 6.27. The molecular weight excluding hydrogens is 517 g/mol. The molecule has 1 saturated carbocycles.